The highest BCUT2D eigenvalue weighted by molar-refractivity contribution is 9.11. The second kappa shape index (κ2) is 7.85. The van der Waals surface area contributed by atoms with Crippen LogP contribution in [0.3, 0.4) is 0 Å². The van der Waals surface area contributed by atoms with Crippen LogP contribution in [-0.4, -0.2) is 33.1 Å². The molecule has 26 heavy (non-hydrogen) atoms. The van der Waals surface area contributed by atoms with E-state index < -0.39 is 16.0 Å². The molecule has 6 nitrogen and oxygen atoms in total. The van der Waals surface area contributed by atoms with Crippen molar-refractivity contribution < 1.29 is 18.3 Å². The first kappa shape index (κ1) is 20.5. The summed E-state index contributed by atoms with van der Waals surface area (Å²) in [6, 6.07) is 7.20. The first-order valence-corrected chi connectivity index (χ1v) is 9.90. The van der Waals surface area contributed by atoms with Gasteiger partial charge in [0.25, 0.3) is 10.0 Å². The first-order chi connectivity index (χ1) is 11.8. The fraction of sp³-hybridized carbons (Fsp3) is 0.235. The van der Waals surface area contributed by atoms with E-state index in [4.69, 9.17) is 5.11 Å². The van der Waals surface area contributed by atoms with Gasteiger partial charge in [-0.15, -0.1) is 12.4 Å². The van der Waals surface area contributed by atoms with Crippen molar-refractivity contribution in [3.05, 3.63) is 56.9 Å². The molecule has 0 unspecified atom stereocenters. The number of hydrogen-bond donors (Lipinski definition) is 2. The van der Waals surface area contributed by atoms with Crippen molar-refractivity contribution in [1.82, 2.24) is 5.32 Å². The smallest absolute Gasteiger partial charge is 0.305 e. The van der Waals surface area contributed by atoms with Crippen molar-refractivity contribution in [2.45, 2.75) is 12.8 Å². The van der Waals surface area contributed by atoms with Crippen molar-refractivity contribution >= 4 is 55.7 Å². The fourth-order valence-electron chi connectivity index (χ4n) is 2.92. The Morgan fingerprint density at radius 1 is 1.35 bits per heavy atom. The van der Waals surface area contributed by atoms with Gasteiger partial charge in [0.05, 0.1) is 17.0 Å². The molecule has 0 saturated carbocycles. The third-order valence-electron chi connectivity index (χ3n) is 4.16. The van der Waals surface area contributed by atoms with E-state index in [-0.39, 0.29) is 30.3 Å². The Balaban J connectivity index is 0.00000243. The summed E-state index contributed by atoms with van der Waals surface area (Å²) in [5.74, 6) is -0.910. The number of hydrogen-bond acceptors (Lipinski definition) is 4. The largest absolute Gasteiger partial charge is 0.481 e. The maximum atomic E-state index is 13.1. The van der Waals surface area contributed by atoms with E-state index >= 15 is 0 Å². The van der Waals surface area contributed by atoms with Crippen molar-refractivity contribution in [2.75, 3.05) is 17.9 Å². The number of halogens is 2. The predicted molar refractivity (Wildman–Crippen MR) is 108 cm³/mol. The quantitative estimate of drug-likeness (QED) is 0.719. The number of nitrogens with zero attached hydrogens (tertiary/aromatic N) is 1. The zero-order chi connectivity index (χ0) is 18.2. The Kier molecular flexibility index (Phi) is 6.21. The lowest BCUT2D eigenvalue weighted by molar-refractivity contribution is -0.136. The van der Waals surface area contributed by atoms with Crippen LogP contribution in [0.4, 0.5) is 5.69 Å². The molecule has 3 rings (SSSR count). The van der Waals surface area contributed by atoms with Gasteiger partial charge in [-0.25, -0.2) is 8.42 Å². The van der Waals surface area contributed by atoms with Gasteiger partial charge in [-0.1, -0.05) is 40.2 Å². The van der Waals surface area contributed by atoms with E-state index in [1.165, 1.54) is 11.4 Å². The van der Waals surface area contributed by atoms with Crippen LogP contribution in [0.25, 0.3) is 5.70 Å². The molecule has 0 fully saturated rings. The zero-order valence-corrected chi connectivity index (χ0v) is 17.1. The third kappa shape index (κ3) is 3.67. The number of carboxylic acids is 1. The SMILES string of the molecule is CN1c2ccccc2C(NCCC(=O)O)=C2CC=C(Br)C=C2S1(=O)=O.Cl. The molecule has 2 aliphatic rings. The van der Waals surface area contributed by atoms with Gasteiger partial charge >= 0.3 is 5.97 Å². The fourth-order valence-corrected chi connectivity index (χ4v) is 4.95. The van der Waals surface area contributed by atoms with Crippen LogP contribution in [0.15, 0.2) is 51.4 Å². The molecule has 1 aromatic rings. The number of allylic oxidation sites excluding steroid dienone is 4. The number of fused-ring (bicyclic) bond motifs is 2. The van der Waals surface area contributed by atoms with Crippen molar-refractivity contribution in [3.8, 4) is 0 Å². The standard InChI is InChI=1S/C17H17BrN2O4S.ClH/c1-20-14-5-3-2-4-12(14)17(19-9-8-16(21)22)13-7-6-11(18)10-15(13)25(20,23)24;/h2-6,10,19H,7-9H2,1H3,(H,21,22);1H. The Labute approximate surface area is 166 Å². The van der Waals surface area contributed by atoms with Crippen LogP contribution in [-0.2, 0) is 14.8 Å². The maximum absolute atomic E-state index is 13.1. The molecule has 0 amide bonds. The lowest BCUT2D eigenvalue weighted by Crippen LogP contribution is -2.28. The van der Waals surface area contributed by atoms with Crippen LogP contribution < -0.4 is 9.62 Å². The number of carboxylic acid groups (broad SMARTS) is 1. The van der Waals surface area contributed by atoms with Crippen LogP contribution in [0.1, 0.15) is 18.4 Å². The van der Waals surface area contributed by atoms with Gasteiger partial charge in [-0.05, 0) is 18.6 Å². The molecule has 0 bridgehead atoms. The normalized spacial score (nSPS) is 17.8. The van der Waals surface area contributed by atoms with Crippen molar-refractivity contribution in [1.29, 1.82) is 0 Å². The van der Waals surface area contributed by atoms with Crippen molar-refractivity contribution in [3.63, 3.8) is 0 Å². The molecule has 1 heterocycles. The molecule has 140 valence electrons. The van der Waals surface area contributed by atoms with Gasteiger partial charge in [0.1, 0.15) is 0 Å². The Morgan fingerprint density at radius 2 is 2.04 bits per heavy atom. The Morgan fingerprint density at radius 3 is 2.73 bits per heavy atom. The van der Waals surface area contributed by atoms with Crippen LogP contribution in [0.2, 0.25) is 0 Å². The van der Waals surface area contributed by atoms with Gasteiger partial charge in [-0.3, -0.25) is 9.10 Å². The molecule has 1 aromatic carbocycles. The summed E-state index contributed by atoms with van der Waals surface area (Å²) >= 11 is 3.36. The number of sulfonamides is 1. The summed E-state index contributed by atoms with van der Waals surface area (Å²) in [4.78, 5) is 11.1. The van der Waals surface area contributed by atoms with Crippen LogP contribution >= 0.6 is 28.3 Å². The maximum Gasteiger partial charge on any atom is 0.305 e. The van der Waals surface area contributed by atoms with Gasteiger partial charge in [-0.2, -0.15) is 0 Å². The summed E-state index contributed by atoms with van der Waals surface area (Å²) in [5, 5.41) is 12.0. The van der Waals surface area contributed by atoms with Gasteiger partial charge in [0, 0.05) is 34.9 Å². The summed E-state index contributed by atoms with van der Waals surface area (Å²) in [7, 11) is -2.18. The summed E-state index contributed by atoms with van der Waals surface area (Å²) in [6.07, 6.45) is 3.86. The summed E-state index contributed by atoms with van der Waals surface area (Å²) < 4.78 is 28.1. The second-order valence-corrected chi connectivity index (χ2v) is 8.57. The Hall–Kier alpha value is -1.77. The second-order valence-electron chi connectivity index (χ2n) is 5.72. The minimum absolute atomic E-state index is 0. The van der Waals surface area contributed by atoms with Crippen LogP contribution in [0, 0.1) is 0 Å². The van der Waals surface area contributed by atoms with Crippen molar-refractivity contribution in [2.24, 2.45) is 0 Å². The van der Waals surface area contributed by atoms with E-state index in [0.29, 0.717) is 27.9 Å². The van der Waals surface area contributed by atoms with E-state index in [0.717, 1.165) is 5.56 Å². The summed E-state index contributed by atoms with van der Waals surface area (Å²) in [5.41, 5.74) is 2.60. The Bertz CT molecular complexity index is 938. The molecule has 1 aliphatic heterocycles. The number of rotatable bonds is 4. The molecule has 9 heteroatoms. The minimum Gasteiger partial charge on any atom is -0.481 e. The topological polar surface area (TPSA) is 86.7 Å². The number of nitrogens with one attached hydrogen (secondary N) is 1. The van der Waals surface area contributed by atoms with Gasteiger partial charge in [0.15, 0.2) is 0 Å². The number of benzene rings is 1. The monoisotopic (exact) mass is 460 g/mol. The van der Waals surface area contributed by atoms with Crippen LogP contribution in [0.5, 0.6) is 0 Å². The minimum atomic E-state index is -3.71. The summed E-state index contributed by atoms with van der Waals surface area (Å²) in [6.45, 7) is 0.213. The number of para-hydroxylation sites is 1. The molecule has 0 saturated heterocycles. The molecular formula is C17H18BrClN2O4S. The predicted octanol–water partition coefficient (Wildman–Crippen LogP) is 3.23. The number of aliphatic carboxylic acids is 1. The first-order valence-electron chi connectivity index (χ1n) is 7.67. The zero-order valence-electron chi connectivity index (χ0n) is 13.9. The van der Waals surface area contributed by atoms with E-state index in [1.54, 1.807) is 18.2 Å². The molecule has 0 atom stereocenters. The number of carbonyl (C=O) groups is 1. The van der Waals surface area contributed by atoms with Gasteiger partial charge in [0.2, 0.25) is 0 Å². The van der Waals surface area contributed by atoms with Gasteiger partial charge < -0.3 is 10.4 Å². The highest BCUT2D eigenvalue weighted by Crippen LogP contribution is 2.42. The molecule has 2 N–H and O–H groups in total. The highest BCUT2D eigenvalue weighted by Gasteiger charge is 2.35. The molecule has 0 aromatic heterocycles. The average molecular weight is 462 g/mol. The average Bonchev–Trinajstić information content (AvgIpc) is 2.63. The molecule has 0 spiro atoms. The highest BCUT2D eigenvalue weighted by atomic mass is 79.9. The van der Waals surface area contributed by atoms with E-state index in [9.17, 15) is 13.2 Å². The third-order valence-corrected chi connectivity index (χ3v) is 6.55. The lowest BCUT2D eigenvalue weighted by Gasteiger charge is -2.21. The number of anilines is 1. The molecular weight excluding hydrogens is 444 g/mol. The lowest BCUT2D eigenvalue weighted by atomic mass is 9.99. The van der Waals surface area contributed by atoms with E-state index in [2.05, 4.69) is 21.2 Å². The molecule has 0 radical (unpaired) electrons. The van der Waals surface area contributed by atoms with E-state index in [1.807, 2.05) is 18.2 Å². The molecule has 1 aliphatic carbocycles.